The molecule has 0 saturated heterocycles. The second-order valence-electron chi connectivity index (χ2n) is 20.8. The molecule has 0 fully saturated rings. The molecule has 502 valence electrons. The molecule has 0 aliphatic rings. The number of aromatic amines is 5. The van der Waals surface area contributed by atoms with E-state index in [0.29, 0.717) is 79.9 Å². The van der Waals surface area contributed by atoms with Gasteiger partial charge < -0.3 is 27.8 Å². The van der Waals surface area contributed by atoms with Crippen molar-refractivity contribution in [2.24, 2.45) is 0 Å². The van der Waals surface area contributed by atoms with Crippen LogP contribution in [0.2, 0.25) is 10.3 Å². The van der Waals surface area contributed by atoms with Gasteiger partial charge in [-0.25, -0.2) is 38.7 Å². The van der Waals surface area contributed by atoms with Crippen LogP contribution < -0.4 is 10.3 Å². The average Bonchev–Trinajstić information content (AvgIpc) is 1.68. The molecule has 0 bridgehead atoms. The largest absolute Gasteiger partial charge is 0.479 e. The van der Waals surface area contributed by atoms with Crippen molar-refractivity contribution in [1.29, 1.82) is 0 Å². The third-order valence-electron chi connectivity index (χ3n) is 14.6. The van der Waals surface area contributed by atoms with Gasteiger partial charge >= 0.3 is 5.20 Å². The fourth-order valence-electron chi connectivity index (χ4n) is 8.69. The van der Waals surface area contributed by atoms with Crippen LogP contribution >= 0.6 is 74.5 Å². The maximum atomic E-state index is 13.8. The van der Waals surface area contributed by atoms with E-state index in [1.54, 1.807) is 6.92 Å². The van der Waals surface area contributed by atoms with Crippen LogP contribution in [0.1, 0.15) is 90.3 Å². The van der Waals surface area contributed by atoms with Gasteiger partial charge in [0.1, 0.15) is 91.4 Å². The van der Waals surface area contributed by atoms with E-state index in [2.05, 4.69) is 135 Å². The lowest BCUT2D eigenvalue weighted by atomic mass is 10.1. The van der Waals surface area contributed by atoms with Crippen LogP contribution in [-0.4, -0.2) is 108 Å². The van der Waals surface area contributed by atoms with Crippen molar-refractivity contribution in [2.75, 3.05) is 7.11 Å². The number of halogens is 10. The summed E-state index contributed by atoms with van der Waals surface area (Å²) in [5, 5.41) is 40.8. The quantitative estimate of drug-likeness (QED) is 0.0509. The van der Waals surface area contributed by atoms with E-state index >= 15 is 0 Å². The van der Waals surface area contributed by atoms with Crippen molar-refractivity contribution in [3.05, 3.63) is 134 Å². The zero-order valence-corrected chi connectivity index (χ0v) is 58.8. The van der Waals surface area contributed by atoms with E-state index in [9.17, 15) is 26.9 Å². The summed E-state index contributed by atoms with van der Waals surface area (Å²) in [4.78, 5) is 42.4. The summed E-state index contributed by atoms with van der Waals surface area (Å²) < 4.78 is 89.5. The topological polar surface area (TPSA) is 368 Å². The van der Waals surface area contributed by atoms with E-state index in [0.717, 1.165) is 61.8 Å². The maximum Gasteiger partial charge on any atom is 0.339 e. The highest BCUT2D eigenvalue weighted by molar-refractivity contribution is 8.24. The van der Waals surface area contributed by atoms with Gasteiger partial charge in [-0.05, 0) is 145 Å². The monoisotopic (exact) mass is 1450 g/mol. The van der Waals surface area contributed by atoms with Crippen LogP contribution in [0.3, 0.4) is 0 Å². The van der Waals surface area contributed by atoms with Crippen LogP contribution in [0.15, 0.2) is 22.9 Å². The fourth-order valence-corrected chi connectivity index (χ4v) is 9.13. The Morgan fingerprint density at radius 2 is 0.663 bits per heavy atom. The molecule has 0 aliphatic heterocycles. The highest BCUT2D eigenvalue weighted by Gasteiger charge is 2.26. The second-order valence-corrected chi connectivity index (χ2v) is 28.1. The normalized spacial score (nSPS) is 11.1. The molecule has 5 N–H and O–H groups in total. The number of aromatic nitrogens is 20. The third-order valence-corrected chi connectivity index (χ3v) is 15.1. The van der Waals surface area contributed by atoms with Gasteiger partial charge in [-0.2, -0.15) is 34.2 Å². The Hall–Kier alpha value is -8.71. The van der Waals surface area contributed by atoms with E-state index in [1.807, 2.05) is 83.1 Å². The van der Waals surface area contributed by atoms with Crippen LogP contribution in [0.25, 0.3) is 91.6 Å². The number of H-pyrrole nitrogens is 5. The highest BCUT2D eigenvalue weighted by atomic mass is 36.0. The molecular formula is C57H57Cl6F4N20O7P. The number of hydrogen-bond donors (Lipinski definition) is 5. The number of methoxy groups -OCH3 is 1. The van der Waals surface area contributed by atoms with Gasteiger partial charge in [0.25, 0.3) is 11.4 Å². The van der Waals surface area contributed by atoms with Crippen LogP contribution in [0, 0.1) is 134 Å². The van der Waals surface area contributed by atoms with Crippen molar-refractivity contribution >= 4 is 74.5 Å². The summed E-state index contributed by atoms with van der Waals surface area (Å²) in [7, 11) is 1.36. The minimum absolute atomic E-state index is 0. The van der Waals surface area contributed by atoms with Gasteiger partial charge in [-0.1, -0.05) is 43.8 Å². The molecule has 0 aromatic carbocycles. The van der Waals surface area contributed by atoms with Gasteiger partial charge in [0, 0.05) is 44.5 Å². The smallest absolute Gasteiger partial charge is 0.339 e. The minimum atomic E-state index is -3.22. The van der Waals surface area contributed by atoms with Gasteiger partial charge in [0.15, 0.2) is 45.2 Å². The van der Waals surface area contributed by atoms with E-state index < -0.39 is 34.0 Å². The zero-order valence-electron chi connectivity index (χ0n) is 53.3. The van der Waals surface area contributed by atoms with Crippen molar-refractivity contribution in [3.63, 3.8) is 0 Å². The molecule has 12 aromatic heterocycles. The standard InChI is InChI=1S/C15H16FN5O2.2C14H13ClFN5O.C14H14FN5O2.Cl3OP.ClH/c1-6-9(4)23-21-12(6)11-7(2)13(20-19-11)14-17-8(3)10(16)15(18-14)22-5;2*1-5-8(4)22-21-11(5)10-6(2)12(20-19-10)14-17-7(3)9(16)13(15)18-14;1-5-8(4)22-20-11(5)10-6(2)12(19-18-10)13-16-7(3)9(15)14(21)17-13;1-5(2,3)4;/h1-5H3,(H,19,20);2*1-4H3,(H,19,20);1-4H3,(H,18,19)(H,16,17,21);;1H. The fraction of sp³-hybridized carbons (Fsp3) is 0.298. The number of aryl methyl sites for hydroxylation is 8. The van der Waals surface area contributed by atoms with Crippen molar-refractivity contribution in [2.45, 2.75) is 111 Å². The minimum Gasteiger partial charge on any atom is -0.479 e. The highest BCUT2D eigenvalue weighted by Crippen LogP contribution is 2.61. The van der Waals surface area contributed by atoms with Crippen molar-refractivity contribution < 1.29 is 45.0 Å². The third kappa shape index (κ3) is 15.8. The summed E-state index contributed by atoms with van der Waals surface area (Å²) in [6, 6.07) is 0. The molecule has 38 heteroatoms. The van der Waals surface area contributed by atoms with Gasteiger partial charge in [0.05, 0.1) is 29.9 Å². The molecule has 0 atom stereocenters. The predicted molar refractivity (Wildman–Crippen MR) is 348 cm³/mol. The first-order valence-electron chi connectivity index (χ1n) is 27.5. The molecule has 12 heterocycles. The molecule has 0 aliphatic carbocycles. The first-order chi connectivity index (χ1) is 44.1. The maximum absolute atomic E-state index is 13.8. The van der Waals surface area contributed by atoms with Gasteiger partial charge in [-0.3, -0.25) is 29.8 Å². The van der Waals surface area contributed by atoms with Crippen LogP contribution in [-0.2, 0) is 4.57 Å². The summed E-state index contributed by atoms with van der Waals surface area (Å²) in [6.45, 7) is 28.4. The Morgan fingerprint density at radius 3 is 0.937 bits per heavy atom. The van der Waals surface area contributed by atoms with E-state index in [-0.39, 0.29) is 68.8 Å². The SMILES string of the molecule is COc1nc(-c2[nH]nc(-c3noc(C)c3C)c2C)nc(C)c1F.Cc1nc(-c2[nH]nc(-c3noc(C)c3C)c2C)[nH]c(=O)c1F.Cc1nc(-c2[nH]nc(-c3noc(C)c3C)c2C)nc(Cl)c1F.Cc1nc(-c2[nH]nc(-c3noc(C)c3C)c2C)nc(Cl)c1F.Cl.O=P(Cl)(Cl)Cl. The number of nitrogens with one attached hydrogen (secondary N) is 5. The number of rotatable bonds is 9. The Balaban J connectivity index is 0.000000174. The van der Waals surface area contributed by atoms with Crippen molar-refractivity contribution in [1.82, 2.24) is 101 Å². The first kappa shape index (κ1) is 73.7. The molecule has 12 rings (SSSR count). The zero-order chi connectivity index (χ0) is 69.3. The average molecular weight is 1450 g/mol. The lowest BCUT2D eigenvalue weighted by Gasteiger charge is -2.06. The molecular weight excluding hydrogens is 1400 g/mol. The Kier molecular flexibility index (Phi) is 23.2. The molecule has 0 unspecified atom stereocenters. The first-order valence-corrected chi connectivity index (χ1v) is 32.7. The molecule has 95 heavy (non-hydrogen) atoms. The number of ether oxygens (including phenoxy) is 1. The Bertz CT molecular complexity index is 4730. The van der Waals surface area contributed by atoms with Crippen LogP contribution in [0.5, 0.6) is 5.88 Å². The number of hydrogen-bond acceptors (Lipinski definition) is 22. The molecule has 0 spiro atoms. The van der Waals surface area contributed by atoms with Crippen LogP contribution in [0.4, 0.5) is 17.6 Å². The van der Waals surface area contributed by atoms with E-state index in [1.165, 1.54) is 27.9 Å². The van der Waals surface area contributed by atoms with Crippen molar-refractivity contribution in [3.8, 4) is 97.5 Å². The Morgan fingerprint density at radius 1 is 0.389 bits per heavy atom. The molecule has 27 nitrogen and oxygen atoms in total. The summed E-state index contributed by atoms with van der Waals surface area (Å²) in [5.74, 6) is 1.24. The number of nitrogens with zero attached hydrogens (tertiary/aromatic N) is 15. The molecule has 0 amide bonds. The molecule has 0 radical (unpaired) electrons. The van der Waals surface area contributed by atoms with Gasteiger partial charge in [0.2, 0.25) is 11.6 Å². The predicted octanol–water partition coefficient (Wildman–Crippen LogP) is 15.4. The lowest BCUT2D eigenvalue weighted by molar-refractivity contribution is 0.366. The summed E-state index contributed by atoms with van der Waals surface area (Å²) >= 11 is 25.4. The summed E-state index contributed by atoms with van der Waals surface area (Å²) in [5.41, 5.74) is 13.9. The Labute approximate surface area is 567 Å². The lowest BCUT2D eigenvalue weighted by Crippen LogP contribution is -2.15. The molecule has 0 saturated carbocycles. The van der Waals surface area contributed by atoms with E-state index in [4.69, 9.17) is 46.0 Å². The van der Waals surface area contributed by atoms with Gasteiger partial charge in [-0.15, -0.1) is 12.4 Å². The molecule has 12 aromatic rings. The second kappa shape index (κ2) is 29.9. The summed E-state index contributed by atoms with van der Waals surface area (Å²) in [6.07, 6.45) is 0.